The van der Waals surface area contributed by atoms with E-state index in [4.69, 9.17) is 4.74 Å². The van der Waals surface area contributed by atoms with Crippen molar-refractivity contribution in [1.82, 2.24) is 9.97 Å². The van der Waals surface area contributed by atoms with E-state index in [2.05, 4.69) is 15.3 Å². The summed E-state index contributed by atoms with van der Waals surface area (Å²) in [4.78, 5) is 31.8. The molecule has 3 rings (SSSR count). The van der Waals surface area contributed by atoms with Crippen LogP contribution in [0.5, 0.6) is 5.75 Å². The summed E-state index contributed by atoms with van der Waals surface area (Å²) >= 11 is 0. The number of hydrogen-bond donors (Lipinski definition) is 1. The zero-order valence-corrected chi connectivity index (χ0v) is 13.0. The van der Waals surface area contributed by atoms with Crippen LogP contribution in [0.3, 0.4) is 0 Å². The molecule has 0 aliphatic heterocycles. The Bertz CT molecular complexity index is 756. The number of hydrogen-bond acceptors (Lipinski definition) is 5. The Morgan fingerprint density at radius 1 is 1.26 bits per heavy atom. The summed E-state index contributed by atoms with van der Waals surface area (Å²) in [6.07, 6.45) is 2.57. The lowest BCUT2D eigenvalue weighted by molar-refractivity contribution is -0.114. The highest BCUT2D eigenvalue weighted by atomic mass is 16.5. The molecule has 23 heavy (non-hydrogen) atoms. The minimum Gasteiger partial charge on any atom is -0.497 e. The summed E-state index contributed by atoms with van der Waals surface area (Å²) in [5.74, 6) is 0.882. The molecule has 1 atom stereocenters. The van der Waals surface area contributed by atoms with Gasteiger partial charge < -0.3 is 4.74 Å². The van der Waals surface area contributed by atoms with Crippen LogP contribution in [-0.4, -0.2) is 28.8 Å². The maximum Gasteiger partial charge on any atom is 0.229 e. The second-order valence-corrected chi connectivity index (χ2v) is 5.54. The van der Waals surface area contributed by atoms with Crippen molar-refractivity contribution in [2.45, 2.75) is 25.7 Å². The monoisotopic (exact) mass is 311 g/mol. The summed E-state index contributed by atoms with van der Waals surface area (Å²) in [6, 6.07) is 7.71. The number of aromatic nitrogens is 2. The van der Waals surface area contributed by atoms with E-state index in [-0.39, 0.29) is 23.6 Å². The first-order valence-electron chi connectivity index (χ1n) is 7.37. The van der Waals surface area contributed by atoms with Gasteiger partial charge in [-0.05, 0) is 30.0 Å². The summed E-state index contributed by atoms with van der Waals surface area (Å²) in [5, 5.41) is 2.55. The van der Waals surface area contributed by atoms with Crippen molar-refractivity contribution >= 4 is 17.6 Å². The van der Waals surface area contributed by atoms with Gasteiger partial charge in [0.05, 0.1) is 18.4 Å². The average molecular weight is 311 g/mol. The summed E-state index contributed by atoms with van der Waals surface area (Å²) in [6.45, 7) is 1.40. The summed E-state index contributed by atoms with van der Waals surface area (Å²) in [7, 11) is 1.62. The molecule has 0 spiro atoms. The van der Waals surface area contributed by atoms with Crippen LogP contribution in [-0.2, 0) is 11.2 Å². The second kappa shape index (κ2) is 6.16. The highest BCUT2D eigenvalue weighted by Gasteiger charge is 2.28. The van der Waals surface area contributed by atoms with E-state index in [9.17, 15) is 9.59 Å². The number of nitrogens with zero attached hydrogens (tertiary/aromatic N) is 2. The maximum absolute atomic E-state index is 12.3. The number of methoxy groups -OCH3 is 1. The molecule has 6 heteroatoms. The summed E-state index contributed by atoms with van der Waals surface area (Å²) < 4.78 is 5.16. The van der Waals surface area contributed by atoms with Crippen molar-refractivity contribution in [1.29, 1.82) is 0 Å². The lowest BCUT2D eigenvalue weighted by atomic mass is 9.82. The van der Waals surface area contributed by atoms with E-state index in [0.717, 1.165) is 11.3 Å². The van der Waals surface area contributed by atoms with Crippen molar-refractivity contribution in [3.63, 3.8) is 0 Å². The lowest BCUT2D eigenvalue weighted by Gasteiger charge is -2.23. The second-order valence-electron chi connectivity index (χ2n) is 5.54. The molecule has 0 fully saturated rings. The van der Waals surface area contributed by atoms with E-state index >= 15 is 0 Å². The van der Waals surface area contributed by atoms with Gasteiger partial charge in [-0.15, -0.1) is 0 Å². The van der Waals surface area contributed by atoms with E-state index in [1.54, 1.807) is 7.11 Å². The minimum atomic E-state index is -0.237. The van der Waals surface area contributed by atoms with Gasteiger partial charge in [-0.1, -0.05) is 12.1 Å². The number of fused-ring (bicyclic) bond motifs is 1. The number of ether oxygens (including phenoxy) is 1. The Morgan fingerprint density at radius 3 is 2.65 bits per heavy atom. The van der Waals surface area contributed by atoms with Crippen LogP contribution < -0.4 is 10.1 Å². The fraction of sp³-hybridized carbons (Fsp3) is 0.294. The molecule has 1 aromatic carbocycles. The average Bonchev–Trinajstić information content (AvgIpc) is 2.54. The first-order chi connectivity index (χ1) is 11.1. The standard InChI is InChI=1S/C17H17N3O3/c1-10(21)19-17-18-9-14-15(20-17)7-12(8-16(14)22)11-3-5-13(23-2)6-4-11/h3-6,9,12H,7-8H2,1-2H3,(H,18,19,20,21)/t12-/m1/s1. The van der Waals surface area contributed by atoms with Crippen molar-refractivity contribution < 1.29 is 14.3 Å². The van der Waals surface area contributed by atoms with Gasteiger partial charge in [0.15, 0.2) is 5.78 Å². The molecule has 0 bridgehead atoms. The largest absolute Gasteiger partial charge is 0.497 e. The number of benzene rings is 1. The predicted octanol–water partition coefficient (Wildman–Crippen LogP) is 2.36. The van der Waals surface area contributed by atoms with E-state index in [0.29, 0.717) is 24.1 Å². The normalized spacial score (nSPS) is 16.6. The minimum absolute atomic E-state index is 0.0291. The van der Waals surface area contributed by atoms with Gasteiger partial charge in [-0.25, -0.2) is 9.97 Å². The number of anilines is 1. The first-order valence-corrected chi connectivity index (χ1v) is 7.37. The molecule has 0 saturated carbocycles. The maximum atomic E-state index is 12.3. The number of Topliss-reactive ketones (excluding diaryl/α,β-unsaturated/α-hetero) is 1. The molecule has 6 nitrogen and oxygen atoms in total. The van der Waals surface area contributed by atoms with Crippen LogP contribution in [0.4, 0.5) is 5.95 Å². The van der Waals surface area contributed by atoms with E-state index in [1.807, 2.05) is 24.3 Å². The number of carbonyl (C=O) groups is 2. The van der Waals surface area contributed by atoms with E-state index < -0.39 is 0 Å². The molecule has 118 valence electrons. The SMILES string of the molecule is COc1ccc([C@H]2CC(=O)c3cnc(NC(C)=O)nc3C2)cc1. The highest BCUT2D eigenvalue weighted by Crippen LogP contribution is 2.32. The van der Waals surface area contributed by atoms with Gasteiger partial charge in [-0.2, -0.15) is 0 Å². The fourth-order valence-corrected chi connectivity index (χ4v) is 2.77. The zero-order valence-electron chi connectivity index (χ0n) is 13.0. The van der Waals surface area contributed by atoms with Gasteiger partial charge in [0.25, 0.3) is 0 Å². The fourth-order valence-electron chi connectivity index (χ4n) is 2.77. The number of ketones is 1. The molecule has 1 aliphatic rings. The molecule has 0 unspecified atom stereocenters. The Hall–Kier alpha value is -2.76. The van der Waals surface area contributed by atoms with E-state index in [1.165, 1.54) is 13.1 Å². The van der Waals surface area contributed by atoms with Gasteiger partial charge >= 0.3 is 0 Å². The van der Waals surface area contributed by atoms with Crippen LogP contribution in [0.15, 0.2) is 30.5 Å². The van der Waals surface area contributed by atoms with Gasteiger partial charge in [0.2, 0.25) is 11.9 Å². The van der Waals surface area contributed by atoms with Crippen molar-refractivity contribution in [3.05, 3.63) is 47.3 Å². The lowest BCUT2D eigenvalue weighted by Crippen LogP contribution is -2.22. The topological polar surface area (TPSA) is 81.2 Å². The van der Waals surface area contributed by atoms with Crippen molar-refractivity contribution in [3.8, 4) is 5.75 Å². The molecule has 0 saturated heterocycles. The zero-order chi connectivity index (χ0) is 16.4. The van der Waals surface area contributed by atoms with Crippen molar-refractivity contribution in [2.75, 3.05) is 12.4 Å². The van der Waals surface area contributed by atoms with Crippen LogP contribution in [0.25, 0.3) is 0 Å². The Morgan fingerprint density at radius 2 is 2.00 bits per heavy atom. The number of amides is 1. The third-order valence-corrected chi connectivity index (χ3v) is 3.91. The van der Waals surface area contributed by atoms with Gasteiger partial charge in [-0.3, -0.25) is 14.9 Å². The molecule has 1 amide bonds. The summed E-state index contributed by atoms with van der Waals surface area (Å²) in [5.41, 5.74) is 2.30. The molecule has 2 aromatic rings. The molecule has 1 aliphatic carbocycles. The van der Waals surface area contributed by atoms with Crippen LogP contribution >= 0.6 is 0 Å². The number of rotatable bonds is 3. The van der Waals surface area contributed by atoms with Crippen LogP contribution in [0, 0.1) is 0 Å². The van der Waals surface area contributed by atoms with Crippen LogP contribution in [0.2, 0.25) is 0 Å². The van der Waals surface area contributed by atoms with Gasteiger partial charge in [0.1, 0.15) is 5.75 Å². The third kappa shape index (κ3) is 3.21. The molecule has 1 aromatic heterocycles. The first kappa shape index (κ1) is 15.1. The third-order valence-electron chi connectivity index (χ3n) is 3.91. The van der Waals surface area contributed by atoms with Gasteiger partial charge in [0, 0.05) is 19.5 Å². The highest BCUT2D eigenvalue weighted by molar-refractivity contribution is 5.98. The van der Waals surface area contributed by atoms with Crippen LogP contribution in [0.1, 0.15) is 40.9 Å². The van der Waals surface area contributed by atoms with Crippen molar-refractivity contribution in [2.24, 2.45) is 0 Å². The number of nitrogens with one attached hydrogen (secondary N) is 1. The molecular formula is C17H17N3O3. The Balaban J connectivity index is 1.88. The molecular weight excluding hydrogens is 294 g/mol. The quantitative estimate of drug-likeness (QED) is 0.941. The molecule has 1 N–H and O–H groups in total. The Labute approximate surface area is 133 Å². The predicted molar refractivity (Wildman–Crippen MR) is 84.7 cm³/mol. The Kier molecular flexibility index (Phi) is 4.06. The molecule has 1 heterocycles. The number of carbonyl (C=O) groups excluding carboxylic acids is 2. The smallest absolute Gasteiger partial charge is 0.229 e. The molecule has 0 radical (unpaired) electrons.